The van der Waals surface area contributed by atoms with Crippen molar-refractivity contribution in [1.29, 1.82) is 0 Å². The van der Waals surface area contributed by atoms with Crippen molar-refractivity contribution in [3.8, 4) is 0 Å². The highest BCUT2D eigenvalue weighted by Gasteiger charge is 2.20. The SMILES string of the molecule is C=CCNC(C(=O)O)c1cc(F)ccc1C. The Morgan fingerprint density at radius 2 is 2.38 bits per heavy atom. The Morgan fingerprint density at radius 3 is 2.94 bits per heavy atom. The van der Waals surface area contributed by atoms with Crippen LogP contribution in [-0.4, -0.2) is 17.6 Å². The van der Waals surface area contributed by atoms with Crippen molar-refractivity contribution in [1.82, 2.24) is 5.32 Å². The first-order valence-corrected chi connectivity index (χ1v) is 4.89. The van der Waals surface area contributed by atoms with Gasteiger partial charge in [-0.15, -0.1) is 6.58 Å². The molecular formula is C12H14FNO2. The summed E-state index contributed by atoms with van der Waals surface area (Å²) in [5.41, 5.74) is 1.18. The zero-order valence-corrected chi connectivity index (χ0v) is 9.03. The molecule has 1 atom stereocenters. The molecule has 0 aliphatic rings. The van der Waals surface area contributed by atoms with Gasteiger partial charge in [0.15, 0.2) is 0 Å². The van der Waals surface area contributed by atoms with Gasteiger partial charge in [-0.3, -0.25) is 10.1 Å². The quantitative estimate of drug-likeness (QED) is 0.751. The number of benzene rings is 1. The summed E-state index contributed by atoms with van der Waals surface area (Å²) in [6.07, 6.45) is 1.56. The van der Waals surface area contributed by atoms with E-state index in [1.807, 2.05) is 0 Å². The van der Waals surface area contributed by atoms with Gasteiger partial charge in [-0.1, -0.05) is 12.1 Å². The van der Waals surface area contributed by atoms with Gasteiger partial charge < -0.3 is 5.11 Å². The molecule has 1 aromatic carbocycles. The molecule has 0 aliphatic heterocycles. The molecule has 0 amide bonds. The molecule has 0 saturated heterocycles. The van der Waals surface area contributed by atoms with E-state index in [2.05, 4.69) is 11.9 Å². The number of aliphatic carboxylic acids is 1. The van der Waals surface area contributed by atoms with Crippen LogP contribution in [0.1, 0.15) is 17.2 Å². The lowest BCUT2D eigenvalue weighted by Crippen LogP contribution is -2.29. The molecule has 16 heavy (non-hydrogen) atoms. The van der Waals surface area contributed by atoms with Gasteiger partial charge in [0.2, 0.25) is 0 Å². The molecule has 1 aromatic rings. The molecule has 0 spiro atoms. The molecule has 2 N–H and O–H groups in total. The van der Waals surface area contributed by atoms with Crippen molar-refractivity contribution >= 4 is 5.97 Å². The Kier molecular flexibility index (Phi) is 4.19. The fraction of sp³-hybridized carbons (Fsp3) is 0.250. The van der Waals surface area contributed by atoms with Crippen LogP contribution in [0.4, 0.5) is 4.39 Å². The molecule has 0 fully saturated rings. The fourth-order valence-corrected chi connectivity index (χ4v) is 1.45. The minimum atomic E-state index is -1.03. The summed E-state index contributed by atoms with van der Waals surface area (Å²) in [5, 5.41) is 11.8. The van der Waals surface area contributed by atoms with Gasteiger partial charge >= 0.3 is 5.97 Å². The summed E-state index contributed by atoms with van der Waals surface area (Å²) in [7, 11) is 0. The van der Waals surface area contributed by atoms with E-state index in [0.29, 0.717) is 12.1 Å². The van der Waals surface area contributed by atoms with Crippen LogP contribution in [0, 0.1) is 12.7 Å². The molecule has 0 heterocycles. The molecule has 0 radical (unpaired) electrons. The van der Waals surface area contributed by atoms with Crippen LogP contribution in [0.25, 0.3) is 0 Å². The second-order valence-corrected chi connectivity index (χ2v) is 3.47. The van der Waals surface area contributed by atoms with E-state index in [-0.39, 0.29) is 0 Å². The predicted molar refractivity (Wildman–Crippen MR) is 59.7 cm³/mol. The summed E-state index contributed by atoms with van der Waals surface area (Å²) in [4.78, 5) is 11.1. The van der Waals surface area contributed by atoms with Gasteiger partial charge in [-0.05, 0) is 30.2 Å². The number of carboxylic acids is 1. The van der Waals surface area contributed by atoms with E-state index in [0.717, 1.165) is 5.56 Å². The minimum absolute atomic E-state index is 0.354. The molecule has 0 bridgehead atoms. The van der Waals surface area contributed by atoms with Crippen molar-refractivity contribution in [2.24, 2.45) is 0 Å². The van der Waals surface area contributed by atoms with Crippen molar-refractivity contribution in [2.75, 3.05) is 6.54 Å². The maximum atomic E-state index is 13.1. The third-order valence-corrected chi connectivity index (χ3v) is 2.27. The van der Waals surface area contributed by atoms with Crippen LogP contribution < -0.4 is 5.32 Å². The molecule has 1 rings (SSSR count). The van der Waals surface area contributed by atoms with Crippen LogP contribution in [0.3, 0.4) is 0 Å². The highest BCUT2D eigenvalue weighted by atomic mass is 19.1. The standard InChI is InChI=1S/C12H14FNO2/c1-3-6-14-11(12(15)16)10-7-9(13)5-4-8(10)2/h3-5,7,11,14H,1,6H2,2H3,(H,15,16). The summed E-state index contributed by atoms with van der Waals surface area (Å²) in [6, 6.07) is 3.21. The first-order valence-electron chi connectivity index (χ1n) is 4.89. The van der Waals surface area contributed by atoms with Crippen LogP contribution in [0.15, 0.2) is 30.9 Å². The molecule has 1 unspecified atom stereocenters. The molecule has 86 valence electrons. The van der Waals surface area contributed by atoms with Gasteiger partial charge in [-0.2, -0.15) is 0 Å². The molecule has 0 aromatic heterocycles. The Morgan fingerprint density at radius 1 is 1.69 bits per heavy atom. The number of carbonyl (C=O) groups is 1. The van der Waals surface area contributed by atoms with Gasteiger partial charge in [0, 0.05) is 6.54 Å². The third kappa shape index (κ3) is 2.90. The second-order valence-electron chi connectivity index (χ2n) is 3.47. The van der Waals surface area contributed by atoms with Gasteiger partial charge in [-0.25, -0.2) is 4.39 Å². The number of hydrogen-bond acceptors (Lipinski definition) is 2. The molecule has 3 nitrogen and oxygen atoms in total. The highest BCUT2D eigenvalue weighted by molar-refractivity contribution is 5.76. The van der Waals surface area contributed by atoms with Crippen molar-refractivity contribution in [3.63, 3.8) is 0 Å². The second kappa shape index (κ2) is 5.42. The normalized spacial score (nSPS) is 12.1. The van der Waals surface area contributed by atoms with Crippen molar-refractivity contribution < 1.29 is 14.3 Å². The zero-order chi connectivity index (χ0) is 12.1. The highest BCUT2D eigenvalue weighted by Crippen LogP contribution is 2.19. The van der Waals surface area contributed by atoms with Crippen LogP contribution in [0.5, 0.6) is 0 Å². The van der Waals surface area contributed by atoms with E-state index in [1.54, 1.807) is 19.1 Å². The topological polar surface area (TPSA) is 49.3 Å². The number of hydrogen-bond donors (Lipinski definition) is 2. The van der Waals surface area contributed by atoms with Crippen LogP contribution >= 0.6 is 0 Å². The average Bonchev–Trinajstić information content (AvgIpc) is 2.23. The van der Waals surface area contributed by atoms with E-state index < -0.39 is 17.8 Å². The number of rotatable bonds is 5. The Bertz CT molecular complexity index is 404. The number of nitrogens with one attached hydrogen (secondary N) is 1. The first-order chi connectivity index (χ1) is 7.56. The van der Waals surface area contributed by atoms with Gasteiger partial charge in [0.1, 0.15) is 11.9 Å². The summed E-state index contributed by atoms with van der Waals surface area (Å²) >= 11 is 0. The van der Waals surface area contributed by atoms with Crippen LogP contribution in [-0.2, 0) is 4.79 Å². The molecule has 0 saturated carbocycles. The smallest absolute Gasteiger partial charge is 0.325 e. The summed E-state index contributed by atoms with van der Waals surface area (Å²) in [6.45, 7) is 5.60. The van der Waals surface area contributed by atoms with E-state index in [4.69, 9.17) is 5.11 Å². The first kappa shape index (κ1) is 12.4. The number of aryl methyl sites for hydroxylation is 1. The van der Waals surface area contributed by atoms with E-state index >= 15 is 0 Å². The zero-order valence-electron chi connectivity index (χ0n) is 9.03. The van der Waals surface area contributed by atoms with Gasteiger partial charge in [0.05, 0.1) is 0 Å². The minimum Gasteiger partial charge on any atom is -0.480 e. The fourth-order valence-electron chi connectivity index (χ4n) is 1.45. The lowest BCUT2D eigenvalue weighted by atomic mass is 10.0. The predicted octanol–water partition coefficient (Wildman–Crippen LogP) is 2.04. The van der Waals surface area contributed by atoms with Crippen LogP contribution in [0.2, 0.25) is 0 Å². The monoisotopic (exact) mass is 223 g/mol. The third-order valence-electron chi connectivity index (χ3n) is 2.27. The van der Waals surface area contributed by atoms with E-state index in [1.165, 1.54) is 12.1 Å². The average molecular weight is 223 g/mol. The Labute approximate surface area is 93.6 Å². The van der Waals surface area contributed by atoms with E-state index in [9.17, 15) is 9.18 Å². The summed E-state index contributed by atoms with van der Waals surface area (Å²) in [5.74, 6) is -1.47. The molecular weight excluding hydrogens is 209 g/mol. The Balaban J connectivity index is 3.04. The van der Waals surface area contributed by atoms with Crippen molar-refractivity contribution in [3.05, 3.63) is 47.8 Å². The summed E-state index contributed by atoms with van der Waals surface area (Å²) < 4.78 is 13.1. The molecule has 4 heteroatoms. The number of halogens is 1. The molecule has 0 aliphatic carbocycles. The lowest BCUT2D eigenvalue weighted by molar-refractivity contribution is -0.139. The maximum Gasteiger partial charge on any atom is 0.325 e. The Hall–Kier alpha value is -1.68. The lowest BCUT2D eigenvalue weighted by Gasteiger charge is -2.16. The van der Waals surface area contributed by atoms with Gasteiger partial charge in [0.25, 0.3) is 0 Å². The maximum absolute atomic E-state index is 13.1. The number of carboxylic acid groups (broad SMARTS) is 1. The van der Waals surface area contributed by atoms with Crippen molar-refractivity contribution in [2.45, 2.75) is 13.0 Å². The largest absolute Gasteiger partial charge is 0.480 e.